The van der Waals surface area contributed by atoms with Crippen molar-refractivity contribution >= 4 is 17.7 Å². The number of piperidine rings is 1. The third-order valence-corrected chi connectivity index (χ3v) is 7.86. The Morgan fingerprint density at radius 1 is 1.17 bits per heavy atom. The first kappa shape index (κ1) is 23.9. The molecule has 2 fully saturated rings. The van der Waals surface area contributed by atoms with E-state index in [9.17, 15) is 4.79 Å². The minimum absolute atomic E-state index is 0.0581. The van der Waals surface area contributed by atoms with Crippen LogP contribution >= 0.6 is 11.8 Å². The first-order chi connectivity index (χ1) is 17.0. The molecule has 2 N–H and O–H groups in total. The average molecular weight is 493 g/mol. The number of hydrogen-bond donors (Lipinski definition) is 2. The number of rotatable bonds is 7. The highest BCUT2D eigenvalue weighted by Gasteiger charge is 2.40. The Hall–Kier alpha value is -2.81. The zero-order chi connectivity index (χ0) is 24.4. The number of oxazole rings is 1. The summed E-state index contributed by atoms with van der Waals surface area (Å²) in [5, 5.41) is 6.81. The summed E-state index contributed by atoms with van der Waals surface area (Å²) in [6.07, 6.45) is 0.935. The Bertz CT molecular complexity index is 1180. The first-order valence-corrected chi connectivity index (χ1v) is 13.1. The molecular formula is C27H32N4O3S. The van der Waals surface area contributed by atoms with Crippen LogP contribution < -0.4 is 15.4 Å². The van der Waals surface area contributed by atoms with Crippen molar-refractivity contribution in [2.45, 2.75) is 44.1 Å². The van der Waals surface area contributed by atoms with Gasteiger partial charge in [0.15, 0.2) is 0 Å². The summed E-state index contributed by atoms with van der Waals surface area (Å²) in [5.74, 6) is 3.08. The lowest BCUT2D eigenvalue weighted by atomic mass is 9.89. The van der Waals surface area contributed by atoms with Crippen molar-refractivity contribution in [3.63, 3.8) is 0 Å². The van der Waals surface area contributed by atoms with Crippen LogP contribution in [0.2, 0.25) is 0 Å². The number of carbonyl (C=O) groups is 1. The predicted molar refractivity (Wildman–Crippen MR) is 138 cm³/mol. The van der Waals surface area contributed by atoms with Gasteiger partial charge in [-0.05, 0) is 38.5 Å². The normalized spacial score (nSPS) is 22.5. The Balaban J connectivity index is 1.17. The van der Waals surface area contributed by atoms with E-state index >= 15 is 0 Å². The van der Waals surface area contributed by atoms with Crippen molar-refractivity contribution in [2.24, 2.45) is 5.92 Å². The number of thioether (sulfide) groups is 1. The second-order valence-corrected chi connectivity index (χ2v) is 10.4. The molecule has 0 saturated carbocycles. The van der Waals surface area contributed by atoms with E-state index in [2.05, 4.69) is 40.7 Å². The molecule has 3 heterocycles. The standard InChI is InChI=1S/C27H32N4O3S/c1-17-8-10-19(11-9-17)26-28-23(18(2)34-26)16-35-27-29-22-12-13-31(15-21(22)25(32)30-27)14-20-6-4-5-7-24(20)33-3/h4-11,21-22,27,29H,12-16H2,1-3H3,(H,30,32). The van der Waals surface area contributed by atoms with Gasteiger partial charge in [-0.1, -0.05) is 35.9 Å². The molecule has 0 bridgehead atoms. The third-order valence-electron chi connectivity index (χ3n) is 6.84. The van der Waals surface area contributed by atoms with E-state index in [1.807, 2.05) is 37.3 Å². The fraction of sp³-hybridized carbons (Fsp3) is 0.407. The van der Waals surface area contributed by atoms with E-state index < -0.39 is 0 Å². The maximum absolute atomic E-state index is 13.0. The molecule has 2 aromatic carbocycles. The monoisotopic (exact) mass is 492 g/mol. The SMILES string of the molecule is COc1ccccc1CN1CCC2NC(SCc3nc(-c4ccc(C)cc4)oc3C)NC(=O)C2C1. The molecule has 1 amide bonds. The second-order valence-electron chi connectivity index (χ2n) is 9.30. The number of fused-ring (bicyclic) bond motifs is 1. The smallest absolute Gasteiger partial charge is 0.227 e. The molecule has 3 atom stereocenters. The highest BCUT2D eigenvalue weighted by Crippen LogP contribution is 2.29. The molecule has 1 aromatic heterocycles. The zero-order valence-electron chi connectivity index (χ0n) is 20.4. The van der Waals surface area contributed by atoms with Gasteiger partial charge in [-0.15, -0.1) is 11.8 Å². The number of nitrogens with zero attached hydrogens (tertiary/aromatic N) is 2. The number of carbonyl (C=O) groups excluding carboxylic acids is 1. The van der Waals surface area contributed by atoms with Crippen LogP contribution in [0.3, 0.4) is 0 Å². The van der Waals surface area contributed by atoms with Crippen molar-refractivity contribution in [1.82, 2.24) is 20.5 Å². The van der Waals surface area contributed by atoms with Gasteiger partial charge in [-0.2, -0.15) is 0 Å². The van der Waals surface area contributed by atoms with Crippen LogP contribution in [0, 0.1) is 19.8 Å². The van der Waals surface area contributed by atoms with Crippen molar-refractivity contribution in [2.75, 3.05) is 20.2 Å². The highest BCUT2D eigenvalue weighted by molar-refractivity contribution is 7.99. The van der Waals surface area contributed by atoms with E-state index in [4.69, 9.17) is 14.1 Å². The van der Waals surface area contributed by atoms with Gasteiger partial charge in [0.1, 0.15) is 17.0 Å². The first-order valence-electron chi connectivity index (χ1n) is 12.1. The molecule has 0 aliphatic carbocycles. The summed E-state index contributed by atoms with van der Waals surface area (Å²) in [5.41, 5.74) is 4.11. The number of aryl methyl sites for hydroxylation is 2. The van der Waals surface area contributed by atoms with Crippen LogP contribution in [-0.4, -0.2) is 47.5 Å². The van der Waals surface area contributed by atoms with E-state index in [-0.39, 0.29) is 23.4 Å². The van der Waals surface area contributed by atoms with Gasteiger partial charge < -0.3 is 14.5 Å². The van der Waals surface area contributed by atoms with E-state index in [0.29, 0.717) is 11.6 Å². The summed E-state index contributed by atoms with van der Waals surface area (Å²) in [6.45, 7) is 6.47. The van der Waals surface area contributed by atoms with Crippen molar-refractivity contribution in [1.29, 1.82) is 0 Å². The number of ether oxygens (including phenoxy) is 1. The molecule has 7 nitrogen and oxygen atoms in total. The molecule has 2 aliphatic rings. The van der Waals surface area contributed by atoms with Crippen molar-refractivity contribution < 1.29 is 13.9 Å². The summed E-state index contributed by atoms with van der Waals surface area (Å²) in [7, 11) is 1.70. The van der Waals surface area contributed by atoms with Crippen molar-refractivity contribution in [3.8, 4) is 17.2 Å². The largest absolute Gasteiger partial charge is 0.496 e. The molecule has 5 rings (SSSR count). The van der Waals surface area contributed by atoms with Gasteiger partial charge in [0.25, 0.3) is 0 Å². The summed E-state index contributed by atoms with van der Waals surface area (Å²) < 4.78 is 11.4. The third kappa shape index (κ3) is 5.39. The lowest BCUT2D eigenvalue weighted by molar-refractivity contribution is -0.130. The van der Waals surface area contributed by atoms with E-state index in [1.165, 1.54) is 5.56 Å². The van der Waals surface area contributed by atoms with Gasteiger partial charge in [0.05, 0.1) is 18.7 Å². The number of hydrogen-bond acceptors (Lipinski definition) is 7. The summed E-state index contributed by atoms with van der Waals surface area (Å²) in [4.78, 5) is 20.1. The molecule has 2 aliphatic heterocycles. The number of likely N-dealkylation sites (tertiary alicyclic amines) is 1. The summed E-state index contributed by atoms with van der Waals surface area (Å²) >= 11 is 1.65. The fourth-order valence-electron chi connectivity index (χ4n) is 4.81. The fourth-order valence-corrected chi connectivity index (χ4v) is 5.87. The number of benzene rings is 2. The Morgan fingerprint density at radius 3 is 2.77 bits per heavy atom. The number of amides is 1. The number of nitrogens with one attached hydrogen (secondary N) is 2. The predicted octanol–water partition coefficient (Wildman–Crippen LogP) is 4.09. The lowest BCUT2D eigenvalue weighted by Crippen LogP contribution is -2.64. The van der Waals surface area contributed by atoms with Gasteiger partial charge in [-0.3, -0.25) is 15.0 Å². The molecule has 0 spiro atoms. The molecule has 2 saturated heterocycles. The molecule has 8 heteroatoms. The number of methoxy groups -OCH3 is 1. The minimum atomic E-state index is -0.136. The van der Waals surface area contributed by atoms with Crippen LogP contribution in [0.15, 0.2) is 52.9 Å². The summed E-state index contributed by atoms with van der Waals surface area (Å²) in [6, 6.07) is 16.4. The quantitative estimate of drug-likeness (QED) is 0.514. The molecule has 3 aromatic rings. The lowest BCUT2D eigenvalue weighted by Gasteiger charge is -2.43. The molecule has 0 radical (unpaired) electrons. The maximum Gasteiger partial charge on any atom is 0.227 e. The van der Waals surface area contributed by atoms with Crippen LogP contribution in [0.1, 0.15) is 29.0 Å². The Morgan fingerprint density at radius 2 is 1.97 bits per heavy atom. The molecular weight excluding hydrogens is 460 g/mol. The molecule has 184 valence electrons. The van der Waals surface area contributed by atoms with Gasteiger partial charge in [-0.25, -0.2) is 4.98 Å². The topological polar surface area (TPSA) is 79.6 Å². The van der Waals surface area contributed by atoms with Crippen LogP contribution in [0.25, 0.3) is 11.5 Å². The van der Waals surface area contributed by atoms with E-state index in [1.54, 1.807) is 18.9 Å². The second kappa shape index (κ2) is 10.4. The highest BCUT2D eigenvalue weighted by atomic mass is 32.2. The minimum Gasteiger partial charge on any atom is -0.496 e. The molecule has 35 heavy (non-hydrogen) atoms. The van der Waals surface area contributed by atoms with Crippen molar-refractivity contribution in [3.05, 3.63) is 71.1 Å². The zero-order valence-corrected chi connectivity index (χ0v) is 21.2. The average Bonchev–Trinajstić information content (AvgIpc) is 3.24. The van der Waals surface area contributed by atoms with Gasteiger partial charge in [0, 0.05) is 42.6 Å². The number of para-hydroxylation sites is 1. The van der Waals surface area contributed by atoms with Crippen LogP contribution in [0.4, 0.5) is 0 Å². The van der Waals surface area contributed by atoms with Gasteiger partial charge >= 0.3 is 0 Å². The maximum atomic E-state index is 13.0. The van der Waals surface area contributed by atoms with Crippen LogP contribution in [0.5, 0.6) is 5.75 Å². The van der Waals surface area contributed by atoms with Gasteiger partial charge in [0.2, 0.25) is 11.8 Å². The van der Waals surface area contributed by atoms with Crippen LogP contribution in [-0.2, 0) is 17.1 Å². The molecule has 3 unspecified atom stereocenters. The Labute approximate surface area is 210 Å². The number of aromatic nitrogens is 1. The Kier molecular flexibility index (Phi) is 7.13. The van der Waals surface area contributed by atoms with E-state index in [0.717, 1.165) is 54.4 Å².